The van der Waals surface area contributed by atoms with E-state index in [1.807, 2.05) is 18.2 Å². The first-order valence-corrected chi connectivity index (χ1v) is 7.04. The van der Waals surface area contributed by atoms with Crippen molar-refractivity contribution in [2.75, 3.05) is 0 Å². The number of hydrogen-bond donors (Lipinski definition) is 3. The number of carboxylic acids is 1. The molecule has 1 saturated heterocycles. The molecule has 0 aliphatic carbocycles. The quantitative estimate of drug-likeness (QED) is 0.484. The fourth-order valence-corrected chi connectivity index (χ4v) is 2.56. The van der Waals surface area contributed by atoms with Crippen LogP contribution in [0.15, 0.2) is 42.5 Å². The summed E-state index contributed by atoms with van der Waals surface area (Å²) in [4.78, 5) is 11.0. The van der Waals surface area contributed by atoms with Crippen molar-refractivity contribution >= 4 is 16.7 Å². The van der Waals surface area contributed by atoms with Gasteiger partial charge in [-0.2, -0.15) is 0 Å². The summed E-state index contributed by atoms with van der Waals surface area (Å²) in [5.41, 5.74) is 0. The van der Waals surface area contributed by atoms with Crippen LogP contribution in [0.25, 0.3) is 10.8 Å². The average molecular weight is 342 g/mol. The molecule has 0 amide bonds. The van der Waals surface area contributed by atoms with Crippen molar-refractivity contribution < 1.29 is 64.3 Å². The number of carbonyl (C=O) groups is 1. The Morgan fingerprint density at radius 2 is 1.67 bits per heavy atom. The van der Waals surface area contributed by atoms with E-state index < -0.39 is 36.7 Å². The smallest absolute Gasteiger partial charge is 0.547 e. The number of rotatable bonds is 3. The number of aliphatic carboxylic acids is 1. The van der Waals surface area contributed by atoms with Gasteiger partial charge in [0.2, 0.25) is 6.29 Å². The molecule has 2 aromatic rings. The second-order valence-corrected chi connectivity index (χ2v) is 5.31. The van der Waals surface area contributed by atoms with Gasteiger partial charge in [-0.25, -0.2) is 0 Å². The van der Waals surface area contributed by atoms with Crippen LogP contribution >= 0.6 is 0 Å². The minimum atomic E-state index is -1.80. The van der Waals surface area contributed by atoms with Crippen molar-refractivity contribution in [3.05, 3.63) is 42.5 Å². The molecule has 24 heavy (non-hydrogen) atoms. The van der Waals surface area contributed by atoms with Crippen LogP contribution in [0.3, 0.4) is 0 Å². The number of carboxylic acid groups (broad SMARTS) is 1. The normalized spacial score (nSPS) is 29.7. The van der Waals surface area contributed by atoms with Gasteiger partial charge in [0.05, 0.1) is 5.97 Å². The van der Waals surface area contributed by atoms with Crippen LogP contribution in [0.2, 0.25) is 0 Å². The Morgan fingerprint density at radius 3 is 2.38 bits per heavy atom. The number of carbonyl (C=O) groups excluding carboxylic acids is 1. The van der Waals surface area contributed by atoms with Crippen molar-refractivity contribution in [1.82, 2.24) is 0 Å². The summed E-state index contributed by atoms with van der Waals surface area (Å²) in [5.74, 6) is -1.34. The van der Waals surface area contributed by atoms with Crippen molar-refractivity contribution in [3.63, 3.8) is 0 Å². The Labute approximate surface area is 159 Å². The molecule has 1 heterocycles. The topological polar surface area (TPSA) is 119 Å². The molecule has 8 heteroatoms. The maximum atomic E-state index is 11.0. The number of benzene rings is 2. The van der Waals surface area contributed by atoms with E-state index >= 15 is 0 Å². The third-order valence-electron chi connectivity index (χ3n) is 3.79. The molecule has 0 aromatic heterocycles. The molecular formula is C16H15NaO7. The maximum absolute atomic E-state index is 11.0. The fraction of sp³-hybridized carbons (Fsp3) is 0.312. The summed E-state index contributed by atoms with van der Waals surface area (Å²) in [6, 6.07) is 12.5. The molecular weight excluding hydrogens is 327 g/mol. The summed E-state index contributed by atoms with van der Waals surface area (Å²) < 4.78 is 10.6. The standard InChI is InChI=1S/C16H16O7.Na/c17-11-12(18)14(15(20)21)23-16(13(11)19)22-10-7-3-5-8-4-1-2-6-9(8)10;/h1-7,11-14,16-19H,(H,20,21);/q;+1/p-1/t11-,12-,13+,14-,16-;/m0./s1. The van der Waals surface area contributed by atoms with Gasteiger partial charge in [0.15, 0.2) is 0 Å². The maximum Gasteiger partial charge on any atom is 1.00 e. The molecule has 0 bridgehead atoms. The van der Waals surface area contributed by atoms with E-state index in [2.05, 4.69) is 0 Å². The first-order chi connectivity index (χ1) is 11.0. The van der Waals surface area contributed by atoms with Crippen molar-refractivity contribution in [2.24, 2.45) is 0 Å². The summed E-state index contributed by atoms with van der Waals surface area (Å²) >= 11 is 0. The van der Waals surface area contributed by atoms with Gasteiger partial charge in [0, 0.05) is 5.39 Å². The van der Waals surface area contributed by atoms with Crippen LogP contribution in [0.5, 0.6) is 5.75 Å². The third kappa shape index (κ3) is 3.57. The van der Waals surface area contributed by atoms with Crippen molar-refractivity contribution in [1.29, 1.82) is 0 Å². The minimum Gasteiger partial charge on any atom is -0.547 e. The van der Waals surface area contributed by atoms with Crippen LogP contribution in [-0.2, 0) is 9.53 Å². The fourth-order valence-electron chi connectivity index (χ4n) is 2.56. The zero-order chi connectivity index (χ0) is 16.6. The zero-order valence-corrected chi connectivity index (χ0v) is 14.9. The van der Waals surface area contributed by atoms with Gasteiger partial charge in [-0.15, -0.1) is 0 Å². The monoisotopic (exact) mass is 342 g/mol. The molecule has 0 unspecified atom stereocenters. The summed E-state index contributed by atoms with van der Waals surface area (Å²) in [7, 11) is 0. The molecule has 7 nitrogen and oxygen atoms in total. The van der Waals surface area contributed by atoms with E-state index in [1.165, 1.54) is 0 Å². The third-order valence-corrected chi connectivity index (χ3v) is 3.79. The van der Waals surface area contributed by atoms with E-state index in [1.54, 1.807) is 24.3 Å². The van der Waals surface area contributed by atoms with Gasteiger partial charge >= 0.3 is 29.6 Å². The van der Waals surface area contributed by atoms with Crippen LogP contribution in [0, 0.1) is 0 Å². The molecule has 0 radical (unpaired) electrons. The van der Waals surface area contributed by atoms with E-state index in [0.29, 0.717) is 5.75 Å². The Hall–Kier alpha value is -1.19. The van der Waals surface area contributed by atoms with Crippen molar-refractivity contribution in [2.45, 2.75) is 30.7 Å². The average Bonchev–Trinajstić information content (AvgIpc) is 2.55. The second-order valence-electron chi connectivity index (χ2n) is 5.31. The molecule has 1 aliphatic heterocycles. The Kier molecular flexibility index (Phi) is 6.22. The molecule has 0 spiro atoms. The number of ether oxygens (including phenoxy) is 2. The minimum absolute atomic E-state index is 0. The molecule has 122 valence electrons. The van der Waals surface area contributed by atoms with E-state index in [-0.39, 0.29) is 29.6 Å². The summed E-state index contributed by atoms with van der Waals surface area (Å²) in [5, 5.41) is 42.0. The van der Waals surface area contributed by atoms with Gasteiger partial charge in [-0.1, -0.05) is 36.4 Å². The predicted octanol–water partition coefficient (Wildman–Crippen LogP) is -4.22. The molecule has 3 N–H and O–H groups in total. The SMILES string of the molecule is O=C([O-])[C@H]1O[C@H](Oc2cccc3ccccc23)[C@H](O)[C@@H](O)[C@@H]1O.[Na+]. The molecule has 1 fully saturated rings. The largest absolute Gasteiger partial charge is 1.00 e. The van der Waals surface area contributed by atoms with E-state index in [4.69, 9.17) is 9.47 Å². The van der Waals surface area contributed by atoms with Crippen LogP contribution in [0.4, 0.5) is 0 Å². The number of fused-ring (bicyclic) bond motifs is 1. The van der Waals surface area contributed by atoms with Gasteiger partial charge in [0.25, 0.3) is 0 Å². The van der Waals surface area contributed by atoms with Crippen LogP contribution in [0.1, 0.15) is 0 Å². The molecule has 5 atom stereocenters. The summed E-state index contributed by atoms with van der Waals surface area (Å²) in [6.45, 7) is 0. The number of aliphatic hydroxyl groups is 3. The molecule has 2 aromatic carbocycles. The first kappa shape index (κ1) is 19.1. The predicted molar refractivity (Wildman–Crippen MR) is 76.3 cm³/mol. The van der Waals surface area contributed by atoms with Gasteiger partial charge in [0.1, 0.15) is 30.2 Å². The molecule has 0 saturated carbocycles. The number of aliphatic hydroxyl groups excluding tert-OH is 3. The molecule has 1 aliphatic rings. The van der Waals surface area contributed by atoms with Gasteiger partial charge in [-0.3, -0.25) is 0 Å². The summed E-state index contributed by atoms with van der Waals surface area (Å²) in [6.07, 6.45) is -8.40. The zero-order valence-electron chi connectivity index (χ0n) is 12.9. The van der Waals surface area contributed by atoms with Crippen LogP contribution in [-0.4, -0.2) is 52.0 Å². The Morgan fingerprint density at radius 1 is 1.00 bits per heavy atom. The van der Waals surface area contributed by atoms with E-state index in [9.17, 15) is 25.2 Å². The van der Waals surface area contributed by atoms with Crippen LogP contribution < -0.4 is 39.4 Å². The second kappa shape index (κ2) is 7.79. The number of hydrogen-bond acceptors (Lipinski definition) is 7. The first-order valence-electron chi connectivity index (χ1n) is 7.04. The Balaban J connectivity index is 0.00000208. The molecule has 3 rings (SSSR count). The van der Waals surface area contributed by atoms with Gasteiger partial charge < -0.3 is 34.7 Å². The van der Waals surface area contributed by atoms with E-state index in [0.717, 1.165) is 10.8 Å². The van der Waals surface area contributed by atoms with Crippen molar-refractivity contribution in [3.8, 4) is 5.75 Å². The Bertz CT molecular complexity index is 717. The van der Waals surface area contributed by atoms with Gasteiger partial charge in [-0.05, 0) is 11.5 Å².